The van der Waals surface area contributed by atoms with Crippen molar-refractivity contribution in [3.8, 4) is 22.1 Å². The van der Waals surface area contributed by atoms with Crippen molar-refractivity contribution < 1.29 is 9.53 Å². The summed E-state index contributed by atoms with van der Waals surface area (Å²) < 4.78 is 6.86. The second kappa shape index (κ2) is 8.92. The first-order valence-corrected chi connectivity index (χ1v) is 10.5. The average molecular weight is 419 g/mol. The van der Waals surface area contributed by atoms with Gasteiger partial charge in [-0.15, -0.1) is 11.3 Å². The van der Waals surface area contributed by atoms with E-state index in [1.54, 1.807) is 11.8 Å². The quantitative estimate of drug-likeness (QED) is 0.464. The Bertz CT molecular complexity index is 1130. The van der Waals surface area contributed by atoms with E-state index < -0.39 is 0 Å². The first kappa shape index (κ1) is 19.8. The van der Waals surface area contributed by atoms with E-state index in [0.29, 0.717) is 23.8 Å². The maximum absolute atomic E-state index is 12.5. The van der Waals surface area contributed by atoms with Gasteiger partial charge in [-0.25, -0.2) is 4.98 Å². The minimum Gasteiger partial charge on any atom is -0.497 e. The number of benzene rings is 2. The minimum absolute atomic E-state index is 0.0631. The van der Waals surface area contributed by atoms with Gasteiger partial charge in [-0.1, -0.05) is 42.5 Å². The van der Waals surface area contributed by atoms with Crippen molar-refractivity contribution in [2.75, 3.05) is 12.4 Å². The number of ether oxygens (including phenoxy) is 1. The van der Waals surface area contributed by atoms with Gasteiger partial charge >= 0.3 is 0 Å². The Kier molecular flexibility index (Phi) is 5.90. The van der Waals surface area contributed by atoms with Gasteiger partial charge in [0.2, 0.25) is 11.0 Å². The van der Waals surface area contributed by atoms with E-state index in [0.717, 1.165) is 28.3 Å². The van der Waals surface area contributed by atoms with Crippen LogP contribution in [0.2, 0.25) is 0 Å². The van der Waals surface area contributed by atoms with Crippen LogP contribution < -0.4 is 10.1 Å². The van der Waals surface area contributed by atoms with Gasteiger partial charge in [0.25, 0.3) is 0 Å². The molecule has 0 spiro atoms. The predicted molar refractivity (Wildman–Crippen MR) is 119 cm³/mol. The molecule has 1 N–H and O–H groups in total. The van der Waals surface area contributed by atoms with Crippen LogP contribution in [-0.2, 0) is 11.2 Å². The number of carbonyl (C=O) groups is 1. The molecule has 0 aliphatic rings. The third kappa shape index (κ3) is 4.58. The lowest BCUT2D eigenvalue weighted by atomic mass is 10.1. The van der Waals surface area contributed by atoms with Gasteiger partial charge in [0.1, 0.15) is 11.6 Å². The van der Waals surface area contributed by atoms with Crippen molar-refractivity contribution in [2.45, 2.75) is 19.8 Å². The van der Waals surface area contributed by atoms with Crippen molar-refractivity contribution in [3.63, 3.8) is 0 Å². The first-order chi connectivity index (χ1) is 14.6. The van der Waals surface area contributed by atoms with Crippen molar-refractivity contribution in [1.82, 2.24) is 14.8 Å². The molecule has 1 amide bonds. The minimum atomic E-state index is -0.0631. The number of aromatic nitrogens is 3. The number of nitrogens with zero attached hydrogens (tertiary/aromatic N) is 3. The summed E-state index contributed by atoms with van der Waals surface area (Å²) >= 11 is 1.49. The molecule has 0 saturated carbocycles. The van der Waals surface area contributed by atoms with E-state index in [1.807, 2.05) is 73.0 Å². The fourth-order valence-electron chi connectivity index (χ4n) is 3.09. The topological polar surface area (TPSA) is 69.0 Å². The Morgan fingerprint density at radius 1 is 1.13 bits per heavy atom. The third-order valence-electron chi connectivity index (χ3n) is 4.64. The summed E-state index contributed by atoms with van der Waals surface area (Å²) in [6.45, 7) is 1.90. The molecule has 2 aromatic heterocycles. The first-order valence-electron chi connectivity index (χ1n) is 9.63. The lowest BCUT2D eigenvalue weighted by molar-refractivity contribution is -0.116. The van der Waals surface area contributed by atoms with E-state index in [-0.39, 0.29) is 5.91 Å². The molecule has 0 saturated heterocycles. The summed E-state index contributed by atoms with van der Waals surface area (Å²) in [7, 11) is 1.64. The highest BCUT2D eigenvalue weighted by Crippen LogP contribution is 2.26. The van der Waals surface area contributed by atoms with Crippen molar-refractivity contribution >= 4 is 23.1 Å². The number of thiazole rings is 1. The smallest absolute Gasteiger partial charge is 0.225 e. The SMILES string of the molecule is COc1ccc(CCC(=O)Nc2cc(C)nn2-c2nc(-c3ccccc3)cs2)cc1. The van der Waals surface area contributed by atoms with Crippen molar-refractivity contribution in [3.05, 3.63) is 77.3 Å². The molecule has 30 heavy (non-hydrogen) atoms. The molecule has 0 aliphatic heterocycles. The number of hydrogen-bond donors (Lipinski definition) is 1. The molecule has 6 nitrogen and oxygen atoms in total. The second-order valence-electron chi connectivity index (χ2n) is 6.86. The van der Waals surface area contributed by atoms with Gasteiger partial charge in [0.15, 0.2) is 0 Å². The molecular weight excluding hydrogens is 396 g/mol. The maximum Gasteiger partial charge on any atom is 0.225 e. The summed E-state index contributed by atoms with van der Waals surface area (Å²) in [5.41, 5.74) is 3.84. The van der Waals surface area contributed by atoms with E-state index in [1.165, 1.54) is 11.3 Å². The van der Waals surface area contributed by atoms with Crippen LogP contribution in [0.1, 0.15) is 17.7 Å². The highest BCUT2D eigenvalue weighted by Gasteiger charge is 2.14. The van der Waals surface area contributed by atoms with Gasteiger partial charge in [-0.2, -0.15) is 9.78 Å². The fraction of sp³-hybridized carbons (Fsp3) is 0.174. The summed E-state index contributed by atoms with van der Waals surface area (Å²) in [5, 5.41) is 10.2. The lowest BCUT2D eigenvalue weighted by Gasteiger charge is -2.07. The number of amides is 1. The van der Waals surface area contributed by atoms with E-state index >= 15 is 0 Å². The normalized spacial score (nSPS) is 10.7. The monoisotopic (exact) mass is 418 g/mol. The zero-order valence-corrected chi connectivity index (χ0v) is 17.6. The van der Waals surface area contributed by atoms with E-state index in [2.05, 4.69) is 10.4 Å². The van der Waals surface area contributed by atoms with Crippen LogP contribution in [0, 0.1) is 6.92 Å². The van der Waals surface area contributed by atoms with Gasteiger partial charge in [0.05, 0.1) is 18.5 Å². The van der Waals surface area contributed by atoms with Crippen LogP contribution in [0.25, 0.3) is 16.4 Å². The standard InChI is InChI=1S/C23H22N4O2S/c1-16-14-21(25-22(28)13-10-17-8-11-19(29-2)12-9-17)27(26-16)23-24-20(15-30-23)18-6-4-3-5-7-18/h3-9,11-12,14-15H,10,13H2,1-2H3,(H,25,28). The Balaban J connectivity index is 1.45. The van der Waals surface area contributed by atoms with Crippen LogP contribution >= 0.6 is 11.3 Å². The van der Waals surface area contributed by atoms with Gasteiger partial charge in [-0.3, -0.25) is 4.79 Å². The number of hydrogen-bond acceptors (Lipinski definition) is 5. The number of rotatable bonds is 7. The maximum atomic E-state index is 12.5. The lowest BCUT2D eigenvalue weighted by Crippen LogP contribution is -2.15. The second-order valence-corrected chi connectivity index (χ2v) is 7.70. The van der Waals surface area contributed by atoms with Crippen LogP contribution in [0.3, 0.4) is 0 Å². The molecule has 2 aromatic carbocycles. The van der Waals surface area contributed by atoms with Crippen LogP contribution in [0.15, 0.2) is 66.0 Å². The highest BCUT2D eigenvalue weighted by atomic mass is 32.1. The molecule has 0 aliphatic carbocycles. The van der Waals surface area contributed by atoms with Gasteiger partial charge in [-0.05, 0) is 31.0 Å². The van der Waals surface area contributed by atoms with E-state index in [4.69, 9.17) is 9.72 Å². The molecular formula is C23H22N4O2S. The van der Waals surface area contributed by atoms with Crippen LogP contribution in [-0.4, -0.2) is 27.8 Å². The van der Waals surface area contributed by atoms with Crippen LogP contribution in [0.5, 0.6) is 5.75 Å². The molecule has 0 radical (unpaired) electrons. The molecule has 4 rings (SSSR count). The number of nitrogens with one attached hydrogen (secondary N) is 1. The summed E-state index contributed by atoms with van der Waals surface area (Å²) in [6, 6.07) is 19.6. The number of aryl methyl sites for hydroxylation is 2. The third-order valence-corrected chi connectivity index (χ3v) is 5.46. The average Bonchev–Trinajstić information content (AvgIpc) is 3.40. The Morgan fingerprint density at radius 2 is 1.90 bits per heavy atom. The molecule has 0 bridgehead atoms. The Hall–Kier alpha value is -3.45. The molecule has 4 aromatic rings. The molecule has 0 unspecified atom stereocenters. The number of anilines is 1. The molecule has 0 fully saturated rings. The largest absolute Gasteiger partial charge is 0.497 e. The zero-order chi connectivity index (χ0) is 20.9. The predicted octanol–water partition coefficient (Wildman–Crippen LogP) is 4.88. The number of methoxy groups -OCH3 is 1. The summed E-state index contributed by atoms with van der Waals surface area (Å²) in [4.78, 5) is 17.2. The van der Waals surface area contributed by atoms with Crippen LogP contribution in [0.4, 0.5) is 5.82 Å². The summed E-state index contributed by atoms with van der Waals surface area (Å²) in [5.74, 6) is 1.37. The van der Waals surface area contributed by atoms with Gasteiger partial charge < -0.3 is 10.1 Å². The Labute approximate surface area is 179 Å². The molecule has 152 valence electrons. The fourth-order valence-corrected chi connectivity index (χ4v) is 3.89. The van der Waals surface area contributed by atoms with Crippen molar-refractivity contribution in [2.24, 2.45) is 0 Å². The number of carbonyl (C=O) groups excluding carboxylic acids is 1. The van der Waals surface area contributed by atoms with Gasteiger partial charge in [0, 0.05) is 23.4 Å². The molecule has 7 heteroatoms. The highest BCUT2D eigenvalue weighted by molar-refractivity contribution is 7.12. The molecule has 2 heterocycles. The Morgan fingerprint density at radius 3 is 2.63 bits per heavy atom. The van der Waals surface area contributed by atoms with E-state index in [9.17, 15) is 4.79 Å². The van der Waals surface area contributed by atoms with Crippen molar-refractivity contribution in [1.29, 1.82) is 0 Å². The zero-order valence-electron chi connectivity index (χ0n) is 16.8. The molecule has 0 atom stereocenters. The summed E-state index contributed by atoms with van der Waals surface area (Å²) in [6.07, 6.45) is 1.03.